The molecule has 0 aliphatic carbocycles. The van der Waals surface area contributed by atoms with Gasteiger partial charge in [-0.2, -0.15) is 0 Å². The average Bonchev–Trinajstić information content (AvgIpc) is 3.22. The minimum absolute atomic E-state index is 0.0150. The SMILES string of the molecule is CC/C=C\C/C=C\C/C=C\C/C=C\C/C=C\C/C=C\CCCCCCCCC(=O)OC(COCCCCCCCC/C=C\C/C=C\CCC)COP(=O)([O-])OCC[N+](C)(C)C. The molecule has 0 aliphatic heterocycles. The third kappa shape index (κ3) is 48.3. The summed E-state index contributed by atoms with van der Waals surface area (Å²) in [4.78, 5) is 25.1. The molecule has 0 aromatic carbocycles. The van der Waals surface area contributed by atoms with Crippen LogP contribution in [0.2, 0.25) is 0 Å². The van der Waals surface area contributed by atoms with E-state index in [0.717, 1.165) is 109 Å². The van der Waals surface area contributed by atoms with Gasteiger partial charge in [0, 0.05) is 13.0 Å². The molecule has 2 unspecified atom stereocenters. The maximum Gasteiger partial charge on any atom is 0.306 e. The number of allylic oxidation sites excluding steroid dienone is 16. The highest BCUT2D eigenvalue weighted by Crippen LogP contribution is 2.38. The van der Waals surface area contributed by atoms with E-state index < -0.39 is 13.9 Å². The van der Waals surface area contributed by atoms with Crippen molar-refractivity contribution < 1.29 is 37.3 Å². The van der Waals surface area contributed by atoms with Crippen LogP contribution < -0.4 is 4.89 Å². The molecule has 61 heavy (non-hydrogen) atoms. The minimum atomic E-state index is -4.54. The lowest BCUT2D eigenvalue weighted by atomic mass is 10.1. The molecule has 0 aromatic heterocycles. The van der Waals surface area contributed by atoms with Gasteiger partial charge >= 0.3 is 5.97 Å². The number of ether oxygens (including phenoxy) is 2. The van der Waals surface area contributed by atoms with E-state index in [9.17, 15) is 14.3 Å². The zero-order valence-corrected chi connectivity index (χ0v) is 40.5. The number of hydrogen-bond acceptors (Lipinski definition) is 7. The molecule has 9 heteroatoms. The number of esters is 1. The predicted molar refractivity (Wildman–Crippen MR) is 258 cm³/mol. The number of rotatable bonds is 43. The monoisotopic (exact) mass is 872 g/mol. The molecule has 0 spiro atoms. The summed E-state index contributed by atoms with van der Waals surface area (Å²) in [6.45, 7) is 5.16. The summed E-state index contributed by atoms with van der Waals surface area (Å²) < 4.78 is 34.6. The van der Waals surface area contributed by atoms with Gasteiger partial charge in [-0.05, 0) is 89.9 Å². The van der Waals surface area contributed by atoms with E-state index in [1.807, 2.05) is 21.1 Å². The summed E-state index contributed by atoms with van der Waals surface area (Å²) in [6.07, 6.45) is 59.9. The van der Waals surface area contributed by atoms with E-state index in [2.05, 4.69) is 111 Å². The van der Waals surface area contributed by atoms with Gasteiger partial charge in [0.2, 0.25) is 0 Å². The fraction of sp³-hybridized carbons (Fsp3) is 0.673. The smallest absolute Gasteiger partial charge is 0.306 e. The highest BCUT2D eigenvalue weighted by molar-refractivity contribution is 7.45. The number of carbonyl (C=O) groups is 1. The predicted octanol–water partition coefficient (Wildman–Crippen LogP) is 14.0. The Labute approximate surface area is 375 Å². The molecule has 0 heterocycles. The number of phosphoric ester groups is 1. The van der Waals surface area contributed by atoms with E-state index in [4.69, 9.17) is 18.5 Å². The van der Waals surface area contributed by atoms with Gasteiger partial charge < -0.3 is 27.9 Å². The molecule has 0 aromatic rings. The van der Waals surface area contributed by atoms with E-state index in [1.54, 1.807) is 0 Å². The van der Waals surface area contributed by atoms with Crippen molar-refractivity contribution >= 4 is 13.8 Å². The van der Waals surface area contributed by atoms with Crippen LogP contribution in [0, 0.1) is 0 Å². The van der Waals surface area contributed by atoms with Gasteiger partial charge in [-0.3, -0.25) is 9.36 Å². The van der Waals surface area contributed by atoms with Crippen LogP contribution in [0.25, 0.3) is 0 Å². The summed E-state index contributed by atoms with van der Waals surface area (Å²) in [7, 11) is 1.32. The molecule has 8 nitrogen and oxygen atoms in total. The zero-order valence-electron chi connectivity index (χ0n) is 39.6. The van der Waals surface area contributed by atoms with Crippen LogP contribution in [0.15, 0.2) is 97.2 Å². The number of unbranched alkanes of at least 4 members (excludes halogenated alkanes) is 13. The van der Waals surface area contributed by atoms with Crippen molar-refractivity contribution in [3.05, 3.63) is 97.2 Å². The maximum atomic E-state index is 12.7. The van der Waals surface area contributed by atoms with Gasteiger partial charge in [0.25, 0.3) is 7.82 Å². The summed E-state index contributed by atoms with van der Waals surface area (Å²) in [5.41, 5.74) is 0. The van der Waals surface area contributed by atoms with Gasteiger partial charge in [-0.1, -0.05) is 169 Å². The summed E-state index contributed by atoms with van der Waals surface area (Å²) in [5.74, 6) is -0.357. The number of phosphoric acid groups is 1. The first kappa shape index (κ1) is 58.4. The third-order valence-electron chi connectivity index (χ3n) is 9.60. The lowest BCUT2D eigenvalue weighted by molar-refractivity contribution is -0.870. The molecule has 0 fully saturated rings. The quantitative estimate of drug-likeness (QED) is 0.0198. The molecule has 0 saturated carbocycles. The van der Waals surface area contributed by atoms with Crippen LogP contribution in [0.1, 0.15) is 168 Å². The van der Waals surface area contributed by atoms with E-state index >= 15 is 0 Å². The van der Waals surface area contributed by atoms with Crippen molar-refractivity contribution in [2.24, 2.45) is 0 Å². The highest BCUT2D eigenvalue weighted by Gasteiger charge is 2.20. The van der Waals surface area contributed by atoms with Crippen molar-refractivity contribution in [1.82, 2.24) is 0 Å². The Morgan fingerprint density at radius 3 is 1.43 bits per heavy atom. The molecule has 2 atom stereocenters. The number of quaternary nitrogens is 1. The molecule has 0 saturated heterocycles. The lowest BCUT2D eigenvalue weighted by Crippen LogP contribution is -2.37. The molecule has 350 valence electrons. The van der Waals surface area contributed by atoms with Gasteiger partial charge in [-0.25, -0.2) is 0 Å². The van der Waals surface area contributed by atoms with E-state index in [-0.39, 0.29) is 32.2 Å². The Balaban J connectivity index is 4.23. The number of carbonyl (C=O) groups excluding carboxylic acids is 1. The Bertz CT molecular complexity index is 1290. The van der Waals surface area contributed by atoms with Crippen LogP contribution in [0.3, 0.4) is 0 Å². The van der Waals surface area contributed by atoms with Gasteiger partial charge in [0.15, 0.2) is 0 Å². The van der Waals surface area contributed by atoms with Crippen molar-refractivity contribution in [2.75, 3.05) is 54.1 Å². The van der Waals surface area contributed by atoms with E-state index in [0.29, 0.717) is 17.6 Å². The molecule has 0 aliphatic rings. The Kier molecular flexibility index (Phi) is 42.2. The van der Waals surface area contributed by atoms with Crippen LogP contribution in [0.4, 0.5) is 0 Å². The first-order chi connectivity index (χ1) is 29.6. The molecular weight excluding hydrogens is 782 g/mol. The summed E-state index contributed by atoms with van der Waals surface area (Å²) >= 11 is 0. The van der Waals surface area contributed by atoms with Gasteiger partial charge in [0.05, 0.1) is 34.4 Å². The highest BCUT2D eigenvalue weighted by atomic mass is 31.2. The van der Waals surface area contributed by atoms with Gasteiger partial charge in [0.1, 0.15) is 19.3 Å². The Hall–Kier alpha value is -2.58. The molecule has 0 radical (unpaired) electrons. The fourth-order valence-corrected chi connectivity index (χ4v) is 6.67. The first-order valence-corrected chi connectivity index (χ1v) is 25.4. The number of nitrogens with zero attached hydrogens (tertiary/aromatic N) is 1. The molecular formula is C52H90NO7P. The second-order valence-electron chi connectivity index (χ2n) is 16.7. The second kappa shape index (κ2) is 44.0. The van der Waals surface area contributed by atoms with Gasteiger partial charge in [-0.15, -0.1) is 0 Å². The minimum Gasteiger partial charge on any atom is -0.756 e. The Morgan fingerprint density at radius 2 is 0.951 bits per heavy atom. The largest absolute Gasteiger partial charge is 0.756 e. The van der Waals surface area contributed by atoms with Crippen LogP contribution in [0.5, 0.6) is 0 Å². The van der Waals surface area contributed by atoms with Crippen molar-refractivity contribution in [1.29, 1.82) is 0 Å². The Morgan fingerprint density at radius 1 is 0.525 bits per heavy atom. The molecule has 0 rings (SSSR count). The number of likely N-dealkylation sites (N-methyl/N-ethyl adjacent to an activating group) is 1. The number of hydrogen-bond donors (Lipinski definition) is 0. The van der Waals surface area contributed by atoms with E-state index in [1.165, 1.54) is 38.5 Å². The summed E-state index contributed by atoms with van der Waals surface area (Å²) in [5, 5.41) is 0. The normalized spacial score (nSPS) is 14.5. The first-order valence-electron chi connectivity index (χ1n) is 24.0. The third-order valence-corrected chi connectivity index (χ3v) is 10.6. The van der Waals surface area contributed by atoms with Crippen molar-refractivity contribution in [3.8, 4) is 0 Å². The standard InChI is InChI=1S/C52H90NO7P/c1-6-8-10-12-14-16-18-20-22-23-24-25-26-27-28-29-30-31-32-33-35-37-39-41-43-45-52(54)60-51(50-59-61(55,56)58-48-46-53(3,4)5)49-57-47-44-42-40-38-36-34-21-19-17-15-13-11-9-7-2/h8,10-11,13-14,16-17,19-20,22,24-25,27-28,30-31,51H,6-7,9,12,15,18,21,23,26,29,32-50H2,1-5H3/b10-8-,13-11-,16-14-,19-17-,22-20-,25-24-,28-27-,31-30-. The van der Waals surface area contributed by atoms with Crippen LogP contribution >= 0.6 is 7.82 Å². The average molecular weight is 872 g/mol. The van der Waals surface area contributed by atoms with Crippen LogP contribution in [-0.4, -0.2) is 70.7 Å². The fourth-order valence-electron chi connectivity index (χ4n) is 5.94. The van der Waals surface area contributed by atoms with Crippen LogP contribution in [-0.2, 0) is 27.9 Å². The molecule has 0 N–H and O–H groups in total. The van der Waals surface area contributed by atoms with Crippen molar-refractivity contribution in [3.63, 3.8) is 0 Å². The topological polar surface area (TPSA) is 94.1 Å². The summed E-state index contributed by atoms with van der Waals surface area (Å²) in [6, 6.07) is 0. The maximum absolute atomic E-state index is 12.7. The molecule has 0 amide bonds. The zero-order chi connectivity index (χ0) is 44.8. The lowest BCUT2D eigenvalue weighted by Gasteiger charge is -2.28. The molecule has 0 bridgehead atoms. The second-order valence-corrected chi connectivity index (χ2v) is 18.1. The van der Waals surface area contributed by atoms with Crippen molar-refractivity contribution in [2.45, 2.75) is 174 Å².